The summed E-state index contributed by atoms with van der Waals surface area (Å²) >= 11 is 3.83. The van der Waals surface area contributed by atoms with E-state index in [1.807, 2.05) is 0 Å². The van der Waals surface area contributed by atoms with Crippen molar-refractivity contribution in [2.45, 2.75) is 6.54 Å². The molecule has 0 unspecified atom stereocenters. The first-order valence-corrected chi connectivity index (χ1v) is 6.13. The van der Waals surface area contributed by atoms with Crippen molar-refractivity contribution in [3.63, 3.8) is 0 Å². The fraction of sp³-hybridized carbons (Fsp3) is 0.250. The molecule has 0 heterocycles. The number of amides is 2. The Morgan fingerprint density at radius 1 is 1.16 bits per heavy atom. The molecule has 0 aliphatic rings. The lowest BCUT2D eigenvalue weighted by Crippen LogP contribution is -2.31. The van der Waals surface area contributed by atoms with Gasteiger partial charge in [-0.3, -0.25) is 14.4 Å². The molecule has 2 amide bonds. The second-order valence-electron chi connectivity index (χ2n) is 3.67. The van der Waals surface area contributed by atoms with E-state index in [0.717, 1.165) is 0 Å². The van der Waals surface area contributed by atoms with Gasteiger partial charge in [-0.1, -0.05) is 18.2 Å². The van der Waals surface area contributed by atoms with E-state index in [1.165, 1.54) is 0 Å². The van der Waals surface area contributed by atoms with Crippen molar-refractivity contribution >= 4 is 30.4 Å². The Morgan fingerprint density at radius 2 is 1.84 bits per heavy atom. The standard InChI is InChI=1S/C12H14N2O4S/c15-10(7-19)13-5-8-3-1-2-4-9(8)12(18)14-6-11(16)17/h1-4,19H,5-7H2,(H,13,15)(H,14,18)(H,16,17). The summed E-state index contributed by atoms with van der Waals surface area (Å²) in [5, 5.41) is 13.4. The van der Waals surface area contributed by atoms with E-state index in [4.69, 9.17) is 5.11 Å². The molecule has 0 aliphatic heterocycles. The summed E-state index contributed by atoms with van der Waals surface area (Å²) in [5.74, 6) is -1.79. The lowest BCUT2D eigenvalue weighted by molar-refractivity contribution is -0.135. The second kappa shape index (κ2) is 7.42. The van der Waals surface area contributed by atoms with Crippen LogP contribution in [0.4, 0.5) is 0 Å². The van der Waals surface area contributed by atoms with E-state index < -0.39 is 18.4 Å². The number of aliphatic carboxylic acids is 1. The maximum Gasteiger partial charge on any atom is 0.322 e. The quantitative estimate of drug-likeness (QED) is 0.554. The highest BCUT2D eigenvalue weighted by molar-refractivity contribution is 7.81. The second-order valence-corrected chi connectivity index (χ2v) is 3.98. The third kappa shape index (κ3) is 5.01. The van der Waals surface area contributed by atoms with Crippen LogP contribution in [-0.4, -0.2) is 35.2 Å². The fourth-order valence-corrected chi connectivity index (χ4v) is 1.51. The van der Waals surface area contributed by atoms with Gasteiger partial charge in [-0.25, -0.2) is 0 Å². The van der Waals surface area contributed by atoms with Crippen LogP contribution in [0.1, 0.15) is 15.9 Å². The lowest BCUT2D eigenvalue weighted by Gasteiger charge is -2.09. The van der Waals surface area contributed by atoms with Crippen LogP contribution in [0.2, 0.25) is 0 Å². The van der Waals surface area contributed by atoms with Gasteiger partial charge in [0.05, 0.1) is 5.75 Å². The monoisotopic (exact) mass is 282 g/mol. The van der Waals surface area contributed by atoms with Crippen molar-refractivity contribution in [2.24, 2.45) is 0 Å². The summed E-state index contributed by atoms with van der Waals surface area (Å²) in [6.07, 6.45) is 0. The van der Waals surface area contributed by atoms with Crippen molar-refractivity contribution in [3.05, 3.63) is 35.4 Å². The van der Waals surface area contributed by atoms with Gasteiger partial charge in [-0.2, -0.15) is 12.6 Å². The largest absolute Gasteiger partial charge is 0.480 e. The number of hydrogen-bond donors (Lipinski definition) is 4. The van der Waals surface area contributed by atoms with Gasteiger partial charge in [0, 0.05) is 12.1 Å². The molecule has 3 N–H and O–H groups in total. The van der Waals surface area contributed by atoms with Gasteiger partial charge in [0.1, 0.15) is 6.54 Å². The normalized spacial score (nSPS) is 9.74. The summed E-state index contributed by atoms with van der Waals surface area (Å²) in [6.45, 7) is -0.258. The highest BCUT2D eigenvalue weighted by atomic mass is 32.1. The van der Waals surface area contributed by atoms with Crippen molar-refractivity contribution in [1.82, 2.24) is 10.6 Å². The van der Waals surface area contributed by atoms with Crippen molar-refractivity contribution in [2.75, 3.05) is 12.3 Å². The van der Waals surface area contributed by atoms with Crippen LogP contribution in [-0.2, 0) is 16.1 Å². The van der Waals surface area contributed by atoms with Crippen LogP contribution in [0.5, 0.6) is 0 Å². The van der Waals surface area contributed by atoms with Gasteiger partial charge in [0.25, 0.3) is 5.91 Å². The Kier molecular flexibility index (Phi) is 5.87. The molecule has 102 valence electrons. The van der Waals surface area contributed by atoms with E-state index in [0.29, 0.717) is 11.1 Å². The number of carbonyl (C=O) groups excluding carboxylic acids is 2. The average molecular weight is 282 g/mol. The number of hydrogen-bond acceptors (Lipinski definition) is 4. The minimum atomic E-state index is -1.12. The Labute approximate surface area is 115 Å². The molecule has 7 heteroatoms. The Hall–Kier alpha value is -2.02. The number of benzene rings is 1. The van der Waals surface area contributed by atoms with Crippen LogP contribution in [0.15, 0.2) is 24.3 Å². The predicted octanol–water partition coefficient (Wildman–Crippen LogP) is 0.0470. The van der Waals surface area contributed by atoms with E-state index in [2.05, 4.69) is 23.3 Å². The number of carboxylic acid groups (broad SMARTS) is 1. The van der Waals surface area contributed by atoms with Crippen molar-refractivity contribution < 1.29 is 19.5 Å². The number of rotatable bonds is 6. The highest BCUT2D eigenvalue weighted by Gasteiger charge is 2.12. The molecular weight excluding hydrogens is 268 g/mol. The zero-order valence-corrected chi connectivity index (χ0v) is 10.9. The van der Waals surface area contributed by atoms with E-state index >= 15 is 0 Å². The molecule has 0 saturated carbocycles. The number of carboxylic acids is 1. The van der Waals surface area contributed by atoms with E-state index in [1.54, 1.807) is 24.3 Å². The zero-order valence-electron chi connectivity index (χ0n) is 10.0. The molecule has 1 aromatic rings. The van der Waals surface area contributed by atoms with Crippen LogP contribution >= 0.6 is 12.6 Å². The summed E-state index contributed by atoms with van der Waals surface area (Å²) in [5.41, 5.74) is 0.948. The van der Waals surface area contributed by atoms with Crippen LogP contribution in [0.3, 0.4) is 0 Å². The molecule has 1 rings (SSSR count). The number of thiol groups is 1. The molecule has 0 radical (unpaired) electrons. The third-order valence-electron chi connectivity index (χ3n) is 2.28. The summed E-state index contributed by atoms with van der Waals surface area (Å²) in [6, 6.07) is 6.66. The van der Waals surface area contributed by atoms with Crippen molar-refractivity contribution in [3.8, 4) is 0 Å². The molecule has 0 aliphatic carbocycles. The molecule has 1 aromatic carbocycles. The van der Waals surface area contributed by atoms with Gasteiger partial charge in [-0.15, -0.1) is 0 Å². The van der Waals surface area contributed by atoms with Crippen molar-refractivity contribution in [1.29, 1.82) is 0 Å². The van der Waals surface area contributed by atoms with Gasteiger partial charge >= 0.3 is 5.97 Å². The SMILES string of the molecule is O=C(O)CNC(=O)c1ccccc1CNC(=O)CS. The first-order valence-electron chi connectivity index (χ1n) is 5.50. The highest BCUT2D eigenvalue weighted by Crippen LogP contribution is 2.08. The molecule has 0 fully saturated rings. The van der Waals surface area contributed by atoms with Crippen LogP contribution < -0.4 is 10.6 Å². The maximum atomic E-state index is 11.8. The Balaban J connectivity index is 2.74. The smallest absolute Gasteiger partial charge is 0.322 e. The number of carbonyl (C=O) groups is 3. The number of nitrogens with one attached hydrogen (secondary N) is 2. The minimum absolute atomic E-state index is 0.0629. The molecule has 0 spiro atoms. The Morgan fingerprint density at radius 3 is 2.47 bits per heavy atom. The lowest BCUT2D eigenvalue weighted by atomic mass is 10.1. The van der Waals surface area contributed by atoms with E-state index in [9.17, 15) is 14.4 Å². The predicted molar refractivity (Wildman–Crippen MR) is 72.1 cm³/mol. The molecule has 0 saturated heterocycles. The van der Waals surface area contributed by atoms with Gasteiger partial charge in [0.2, 0.25) is 5.91 Å². The average Bonchev–Trinajstić information content (AvgIpc) is 2.42. The van der Waals surface area contributed by atoms with Crippen LogP contribution in [0.25, 0.3) is 0 Å². The molecule has 19 heavy (non-hydrogen) atoms. The van der Waals surface area contributed by atoms with Gasteiger partial charge < -0.3 is 15.7 Å². The molecule has 0 bridgehead atoms. The third-order valence-corrected chi connectivity index (χ3v) is 2.57. The summed E-state index contributed by atoms with van der Waals surface area (Å²) < 4.78 is 0. The Bertz CT molecular complexity index is 490. The first kappa shape index (κ1) is 15.0. The van der Waals surface area contributed by atoms with Gasteiger partial charge in [-0.05, 0) is 11.6 Å². The molecular formula is C12H14N2O4S. The first-order chi connectivity index (χ1) is 9.04. The molecule has 0 aromatic heterocycles. The minimum Gasteiger partial charge on any atom is -0.480 e. The fourth-order valence-electron chi connectivity index (χ4n) is 1.40. The molecule has 0 atom stereocenters. The zero-order chi connectivity index (χ0) is 14.3. The summed E-state index contributed by atoms with van der Waals surface area (Å²) in [4.78, 5) is 33.3. The molecule has 6 nitrogen and oxygen atoms in total. The van der Waals surface area contributed by atoms with Crippen LogP contribution in [0, 0.1) is 0 Å². The summed E-state index contributed by atoms with van der Waals surface area (Å²) in [7, 11) is 0. The maximum absolute atomic E-state index is 11.8. The van der Waals surface area contributed by atoms with E-state index in [-0.39, 0.29) is 18.2 Å². The topological polar surface area (TPSA) is 95.5 Å². The van der Waals surface area contributed by atoms with Gasteiger partial charge in [0.15, 0.2) is 0 Å².